The van der Waals surface area contributed by atoms with Crippen molar-refractivity contribution >= 4 is 30.9 Å². The lowest BCUT2D eigenvalue weighted by Crippen LogP contribution is -2.45. The van der Waals surface area contributed by atoms with Gasteiger partial charge < -0.3 is 0 Å². The van der Waals surface area contributed by atoms with Crippen LogP contribution < -0.4 is 4.13 Å². The van der Waals surface area contributed by atoms with Gasteiger partial charge in [-0.1, -0.05) is 4.13 Å². The summed E-state index contributed by atoms with van der Waals surface area (Å²) in [5.41, 5.74) is -12.3. The molecule has 0 rings (SSSR count). The summed E-state index contributed by atoms with van der Waals surface area (Å²) >= 11 is 0. The van der Waals surface area contributed by atoms with Gasteiger partial charge in [0, 0.05) is 0 Å². The lowest BCUT2D eigenvalue weighted by atomic mass is 10.9. The number of hydrogen-bond donors (Lipinski definition) is 1. The molecular formula is C8H16F6NO4S3+. The Morgan fingerprint density at radius 1 is 0.727 bits per heavy atom. The smallest absolute Gasteiger partial charge is 0.202 e. The molecule has 0 atom stereocenters. The molecule has 0 aromatic carbocycles. The van der Waals surface area contributed by atoms with E-state index in [0.717, 1.165) is 10.9 Å². The van der Waals surface area contributed by atoms with E-state index in [1.54, 1.807) is 0 Å². The molecule has 0 aliphatic rings. The van der Waals surface area contributed by atoms with E-state index < -0.39 is 35.2 Å². The molecule has 0 aromatic heterocycles. The Balaban J connectivity index is 0. The van der Waals surface area contributed by atoms with Gasteiger partial charge in [0.25, 0.3) is 0 Å². The molecule has 0 unspecified atom stereocenters. The maximum Gasteiger partial charge on any atom is 0.512 e. The summed E-state index contributed by atoms with van der Waals surface area (Å²) in [7, 11) is -12.4. The van der Waals surface area contributed by atoms with Crippen molar-refractivity contribution in [3.05, 3.63) is 0 Å². The average molecular weight is 400 g/mol. The number of alkyl halides is 6. The van der Waals surface area contributed by atoms with Gasteiger partial charge in [0.1, 0.15) is 17.3 Å². The molecule has 22 heavy (non-hydrogen) atoms. The summed E-state index contributed by atoms with van der Waals surface area (Å²) < 4.78 is 108. The van der Waals surface area contributed by atoms with Crippen molar-refractivity contribution in [2.45, 2.75) is 31.8 Å². The maximum atomic E-state index is 11.5. The van der Waals surface area contributed by atoms with Crippen LogP contribution in [0.1, 0.15) is 20.8 Å². The van der Waals surface area contributed by atoms with Gasteiger partial charge in [-0.3, -0.25) is 0 Å². The van der Waals surface area contributed by atoms with Gasteiger partial charge in [-0.2, -0.15) is 26.3 Å². The van der Waals surface area contributed by atoms with Crippen molar-refractivity contribution in [2.75, 3.05) is 17.3 Å². The minimum atomic E-state index is -6.60. The van der Waals surface area contributed by atoms with Crippen molar-refractivity contribution in [2.24, 2.45) is 0 Å². The third-order valence-electron chi connectivity index (χ3n) is 2.05. The van der Waals surface area contributed by atoms with Gasteiger partial charge in [0.15, 0.2) is 0 Å². The highest BCUT2D eigenvalue weighted by molar-refractivity contribution is 8.05. The molecule has 14 heteroatoms. The zero-order valence-electron chi connectivity index (χ0n) is 11.7. The van der Waals surface area contributed by atoms with Crippen LogP contribution >= 0.6 is 0 Å². The first-order valence-corrected chi connectivity index (χ1v) is 10.3. The molecule has 0 heterocycles. The molecule has 0 amide bonds. The Labute approximate surface area is 127 Å². The molecule has 0 fully saturated rings. The highest BCUT2D eigenvalue weighted by atomic mass is 32.3. The molecule has 5 nitrogen and oxygen atoms in total. The second-order valence-corrected chi connectivity index (χ2v) is 10.0. The standard InChI is InChI=1S/C6H15S.C2HF6NO4S2/c1-4-7(5-2)6-3;3-1(4,5)14(10,11)9-15(12,13)2(6,7)8/h4-6H2,1-3H3;9H/q+1;. The highest BCUT2D eigenvalue weighted by Crippen LogP contribution is 2.27. The maximum absolute atomic E-state index is 11.5. The molecular weight excluding hydrogens is 384 g/mol. The minimum Gasteiger partial charge on any atom is -0.202 e. The number of rotatable bonds is 5. The third-order valence-corrected chi connectivity index (χ3v) is 7.48. The first-order chi connectivity index (χ1) is 9.55. The Morgan fingerprint density at radius 3 is 1.05 bits per heavy atom. The van der Waals surface area contributed by atoms with E-state index in [0.29, 0.717) is 0 Å². The van der Waals surface area contributed by atoms with Crippen LogP contribution in [0, 0.1) is 0 Å². The van der Waals surface area contributed by atoms with E-state index in [1.165, 1.54) is 17.3 Å². The van der Waals surface area contributed by atoms with Gasteiger partial charge >= 0.3 is 31.1 Å². The second-order valence-electron chi connectivity index (χ2n) is 3.46. The minimum absolute atomic E-state index is 0.493. The van der Waals surface area contributed by atoms with Gasteiger partial charge in [0.05, 0.1) is 0 Å². The van der Waals surface area contributed by atoms with E-state index in [-0.39, 0.29) is 0 Å². The van der Waals surface area contributed by atoms with Gasteiger partial charge in [-0.25, -0.2) is 16.8 Å². The van der Waals surface area contributed by atoms with Crippen molar-refractivity contribution in [3.63, 3.8) is 0 Å². The van der Waals surface area contributed by atoms with Crippen LogP contribution in [0.3, 0.4) is 0 Å². The fourth-order valence-electron chi connectivity index (χ4n) is 0.851. The third kappa shape index (κ3) is 7.87. The number of sulfonamides is 2. The van der Waals surface area contributed by atoms with Crippen LogP contribution in [-0.4, -0.2) is 45.1 Å². The summed E-state index contributed by atoms with van der Waals surface area (Å²) in [5, 5.41) is 0. The monoisotopic (exact) mass is 400 g/mol. The molecule has 0 spiro atoms. The fraction of sp³-hybridized carbons (Fsp3) is 1.00. The summed E-state index contributed by atoms with van der Waals surface area (Å²) in [6.45, 7) is 6.82. The molecule has 136 valence electrons. The molecule has 0 saturated carbocycles. The molecule has 0 aromatic rings. The van der Waals surface area contributed by atoms with E-state index in [4.69, 9.17) is 0 Å². The van der Waals surface area contributed by atoms with E-state index in [1.807, 2.05) is 0 Å². The van der Waals surface area contributed by atoms with E-state index in [9.17, 15) is 43.2 Å². The molecule has 1 N–H and O–H groups in total. The lowest BCUT2D eigenvalue weighted by Gasteiger charge is -2.11. The first kappa shape index (κ1) is 24.0. The summed E-state index contributed by atoms with van der Waals surface area (Å²) in [6, 6.07) is 0. The van der Waals surface area contributed by atoms with Crippen LogP contribution in [0.25, 0.3) is 0 Å². The van der Waals surface area contributed by atoms with Gasteiger partial charge in [-0.15, -0.1) is 0 Å². The Bertz CT molecular complexity index is 474. The Morgan fingerprint density at radius 2 is 0.955 bits per heavy atom. The summed E-state index contributed by atoms with van der Waals surface area (Å²) in [5.74, 6) is 4.15. The predicted molar refractivity (Wildman–Crippen MR) is 72.1 cm³/mol. The number of halogens is 6. The van der Waals surface area contributed by atoms with Crippen LogP contribution in [0.15, 0.2) is 0 Å². The summed E-state index contributed by atoms with van der Waals surface area (Å²) in [4.78, 5) is 0. The largest absolute Gasteiger partial charge is 0.512 e. The molecule has 0 saturated heterocycles. The topological polar surface area (TPSA) is 80.3 Å². The molecule has 0 aliphatic carbocycles. The highest BCUT2D eigenvalue weighted by Gasteiger charge is 2.55. The van der Waals surface area contributed by atoms with Crippen molar-refractivity contribution < 1.29 is 43.2 Å². The number of hydrogen-bond acceptors (Lipinski definition) is 4. The van der Waals surface area contributed by atoms with Crippen LogP contribution in [0.2, 0.25) is 0 Å². The van der Waals surface area contributed by atoms with Gasteiger partial charge in [-0.05, 0) is 31.7 Å². The second kappa shape index (κ2) is 8.59. The van der Waals surface area contributed by atoms with Crippen LogP contribution in [0.5, 0.6) is 0 Å². The molecule has 0 bridgehead atoms. The quantitative estimate of drug-likeness (QED) is 0.565. The predicted octanol–water partition coefficient (Wildman–Crippen LogP) is 1.94. The van der Waals surface area contributed by atoms with Crippen molar-refractivity contribution in [1.82, 2.24) is 4.13 Å². The Kier molecular flexibility index (Phi) is 9.39. The lowest BCUT2D eigenvalue weighted by molar-refractivity contribution is -0.0476. The van der Waals surface area contributed by atoms with Gasteiger partial charge in [0.2, 0.25) is 0 Å². The fourth-order valence-corrected chi connectivity index (χ4v) is 3.99. The zero-order chi connectivity index (χ0) is 18.4. The summed E-state index contributed by atoms with van der Waals surface area (Å²) in [6.07, 6.45) is 0. The SMILES string of the molecule is CC[S+](CC)CC.O=S(=O)(NS(=O)(=O)C(F)(F)F)C(F)(F)F. The van der Waals surface area contributed by atoms with Crippen molar-refractivity contribution in [3.8, 4) is 0 Å². The van der Waals surface area contributed by atoms with E-state index >= 15 is 0 Å². The van der Waals surface area contributed by atoms with E-state index in [2.05, 4.69) is 20.8 Å². The first-order valence-electron chi connectivity index (χ1n) is 5.60. The average Bonchev–Trinajstić information content (AvgIpc) is 2.27. The zero-order valence-corrected chi connectivity index (χ0v) is 14.2. The van der Waals surface area contributed by atoms with Crippen molar-refractivity contribution in [1.29, 1.82) is 0 Å². The molecule has 0 radical (unpaired) electrons. The van der Waals surface area contributed by atoms with Crippen LogP contribution in [-0.2, 0) is 30.9 Å². The van der Waals surface area contributed by atoms with Crippen LogP contribution in [0.4, 0.5) is 26.3 Å². The Hall–Kier alpha value is -0.210. The molecule has 0 aliphatic heterocycles. The normalized spacial score (nSPS) is 13.7. The number of nitrogens with one attached hydrogen (secondary N) is 1.